The summed E-state index contributed by atoms with van der Waals surface area (Å²) in [5, 5.41) is 0. The summed E-state index contributed by atoms with van der Waals surface area (Å²) in [6.07, 6.45) is 3.18. The number of piperazine rings is 1. The number of sulfone groups is 1. The molecular formula is C29H31F2N3O3S. The standard InChI is InChI=1S/C29H31F2N3O3S/c1-38(36,37)25-12-13-26(27(20-25)32-14-2-3-15-32)29(35)34-18-16-33(17-19-34)28(21-4-8-23(30)9-5-21)22-6-10-24(31)11-7-22/h4-13,20,28H,2-3,14-19H2,1H3. The molecule has 0 bridgehead atoms. The predicted octanol–water partition coefficient (Wildman–Crippen LogP) is 4.52. The Bertz CT molecular complexity index is 1350. The van der Waals surface area contributed by atoms with E-state index in [0.29, 0.717) is 37.4 Å². The molecule has 3 aromatic carbocycles. The largest absolute Gasteiger partial charge is 0.371 e. The summed E-state index contributed by atoms with van der Waals surface area (Å²) in [5.74, 6) is -0.762. The molecule has 5 rings (SSSR count). The Labute approximate surface area is 222 Å². The summed E-state index contributed by atoms with van der Waals surface area (Å²) in [5.41, 5.74) is 2.98. The van der Waals surface area contributed by atoms with Crippen molar-refractivity contribution >= 4 is 21.4 Å². The van der Waals surface area contributed by atoms with Crippen molar-refractivity contribution in [1.82, 2.24) is 9.80 Å². The molecule has 2 aliphatic heterocycles. The molecule has 38 heavy (non-hydrogen) atoms. The Morgan fingerprint density at radius 1 is 0.763 bits per heavy atom. The molecule has 2 saturated heterocycles. The molecule has 0 saturated carbocycles. The number of hydrogen-bond donors (Lipinski definition) is 0. The Hall–Kier alpha value is -3.30. The van der Waals surface area contributed by atoms with Gasteiger partial charge in [-0.15, -0.1) is 0 Å². The van der Waals surface area contributed by atoms with Gasteiger partial charge in [-0.1, -0.05) is 24.3 Å². The van der Waals surface area contributed by atoms with Crippen molar-refractivity contribution in [3.63, 3.8) is 0 Å². The highest BCUT2D eigenvalue weighted by molar-refractivity contribution is 7.90. The third-order valence-electron chi connectivity index (χ3n) is 7.41. The zero-order valence-electron chi connectivity index (χ0n) is 21.3. The lowest BCUT2D eigenvalue weighted by molar-refractivity contribution is 0.0597. The minimum Gasteiger partial charge on any atom is -0.371 e. The minimum absolute atomic E-state index is 0.119. The predicted molar refractivity (Wildman–Crippen MR) is 143 cm³/mol. The van der Waals surface area contributed by atoms with E-state index in [9.17, 15) is 22.0 Å². The maximum atomic E-state index is 13.7. The van der Waals surface area contributed by atoms with E-state index in [0.717, 1.165) is 37.1 Å². The van der Waals surface area contributed by atoms with E-state index >= 15 is 0 Å². The van der Waals surface area contributed by atoms with Gasteiger partial charge in [-0.3, -0.25) is 9.69 Å². The van der Waals surface area contributed by atoms with E-state index in [1.165, 1.54) is 36.6 Å². The number of carbonyl (C=O) groups is 1. The molecule has 0 spiro atoms. The number of halogens is 2. The Kier molecular flexibility index (Phi) is 7.49. The molecule has 2 heterocycles. The van der Waals surface area contributed by atoms with Crippen LogP contribution in [0.2, 0.25) is 0 Å². The lowest BCUT2D eigenvalue weighted by Crippen LogP contribution is -2.50. The van der Waals surface area contributed by atoms with Gasteiger partial charge >= 0.3 is 0 Å². The van der Waals surface area contributed by atoms with Gasteiger partial charge in [-0.2, -0.15) is 0 Å². The zero-order chi connectivity index (χ0) is 26.9. The quantitative estimate of drug-likeness (QED) is 0.461. The average molecular weight is 540 g/mol. The highest BCUT2D eigenvalue weighted by Gasteiger charge is 2.31. The van der Waals surface area contributed by atoms with Gasteiger partial charge in [-0.25, -0.2) is 17.2 Å². The van der Waals surface area contributed by atoms with Gasteiger partial charge in [0.15, 0.2) is 9.84 Å². The van der Waals surface area contributed by atoms with Crippen LogP contribution < -0.4 is 4.90 Å². The number of benzene rings is 3. The molecule has 9 heteroatoms. The zero-order valence-corrected chi connectivity index (χ0v) is 22.1. The van der Waals surface area contributed by atoms with Gasteiger partial charge in [-0.05, 0) is 66.4 Å². The number of amides is 1. The Morgan fingerprint density at radius 2 is 1.29 bits per heavy atom. The van der Waals surface area contributed by atoms with Crippen LogP contribution in [0.3, 0.4) is 0 Å². The van der Waals surface area contributed by atoms with Crippen molar-refractivity contribution in [3.8, 4) is 0 Å². The molecule has 0 aromatic heterocycles. The van der Waals surface area contributed by atoms with Crippen molar-refractivity contribution in [3.05, 3.63) is 95.1 Å². The molecule has 0 atom stereocenters. The maximum Gasteiger partial charge on any atom is 0.256 e. The number of hydrogen-bond acceptors (Lipinski definition) is 5. The number of carbonyl (C=O) groups excluding carboxylic acids is 1. The van der Waals surface area contributed by atoms with Crippen molar-refractivity contribution in [2.24, 2.45) is 0 Å². The molecule has 3 aromatic rings. The first kappa shape index (κ1) is 26.3. The van der Waals surface area contributed by atoms with Gasteiger partial charge < -0.3 is 9.80 Å². The molecular weight excluding hydrogens is 508 g/mol. The lowest BCUT2D eigenvalue weighted by Gasteiger charge is -2.40. The van der Waals surface area contributed by atoms with Crippen LogP contribution in [0.25, 0.3) is 0 Å². The summed E-state index contributed by atoms with van der Waals surface area (Å²) < 4.78 is 51.7. The fourth-order valence-electron chi connectivity index (χ4n) is 5.40. The van der Waals surface area contributed by atoms with Gasteiger partial charge in [0.2, 0.25) is 0 Å². The number of nitrogens with zero attached hydrogens (tertiary/aromatic N) is 3. The van der Waals surface area contributed by atoms with Gasteiger partial charge in [0.1, 0.15) is 11.6 Å². The second-order valence-corrected chi connectivity index (χ2v) is 12.0. The summed E-state index contributed by atoms with van der Waals surface area (Å²) in [6, 6.07) is 17.2. The second kappa shape index (κ2) is 10.8. The number of rotatable bonds is 6. The summed E-state index contributed by atoms with van der Waals surface area (Å²) in [6.45, 7) is 3.68. The molecule has 6 nitrogen and oxygen atoms in total. The highest BCUT2D eigenvalue weighted by Crippen LogP contribution is 2.32. The monoisotopic (exact) mass is 539 g/mol. The van der Waals surface area contributed by atoms with Crippen LogP contribution in [0.1, 0.15) is 40.4 Å². The highest BCUT2D eigenvalue weighted by atomic mass is 32.2. The van der Waals surface area contributed by atoms with Crippen LogP contribution in [0.4, 0.5) is 14.5 Å². The van der Waals surface area contributed by atoms with Crippen molar-refractivity contribution in [2.75, 3.05) is 50.4 Å². The molecule has 0 N–H and O–H groups in total. The van der Waals surface area contributed by atoms with Crippen molar-refractivity contribution in [2.45, 2.75) is 23.8 Å². The average Bonchev–Trinajstić information content (AvgIpc) is 3.45. The molecule has 0 aliphatic carbocycles. The van der Waals surface area contributed by atoms with Crippen molar-refractivity contribution < 1.29 is 22.0 Å². The summed E-state index contributed by atoms with van der Waals surface area (Å²) in [4.78, 5) is 20.0. The van der Waals surface area contributed by atoms with E-state index in [1.54, 1.807) is 41.3 Å². The second-order valence-electron chi connectivity index (χ2n) is 9.98. The Morgan fingerprint density at radius 3 is 1.79 bits per heavy atom. The third-order valence-corrected chi connectivity index (χ3v) is 8.52. The van der Waals surface area contributed by atoms with E-state index < -0.39 is 9.84 Å². The molecule has 1 amide bonds. The van der Waals surface area contributed by atoms with Crippen LogP contribution in [0.5, 0.6) is 0 Å². The minimum atomic E-state index is -3.40. The van der Waals surface area contributed by atoms with Crippen molar-refractivity contribution in [1.29, 1.82) is 0 Å². The molecule has 200 valence electrons. The SMILES string of the molecule is CS(=O)(=O)c1ccc(C(=O)N2CCN(C(c3ccc(F)cc3)c3ccc(F)cc3)CC2)c(N2CCCC2)c1. The molecule has 0 radical (unpaired) electrons. The smallest absolute Gasteiger partial charge is 0.256 e. The first-order valence-corrected chi connectivity index (χ1v) is 14.7. The van der Waals surface area contributed by atoms with E-state index in [-0.39, 0.29) is 28.5 Å². The van der Waals surface area contributed by atoms with Crippen LogP contribution in [0, 0.1) is 11.6 Å². The lowest BCUT2D eigenvalue weighted by atomic mass is 9.96. The molecule has 2 fully saturated rings. The topological polar surface area (TPSA) is 60.9 Å². The van der Waals surface area contributed by atoms with Crippen LogP contribution in [0.15, 0.2) is 71.6 Å². The van der Waals surface area contributed by atoms with Gasteiger partial charge in [0, 0.05) is 45.5 Å². The Balaban J connectivity index is 1.38. The van der Waals surface area contributed by atoms with E-state index in [1.807, 2.05) is 0 Å². The first-order chi connectivity index (χ1) is 18.2. The fourth-order valence-corrected chi connectivity index (χ4v) is 6.04. The first-order valence-electron chi connectivity index (χ1n) is 12.8. The van der Waals surface area contributed by atoms with Gasteiger partial charge in [0.05, 0.1) is 22.2 Å². The third kappa shape index (κ3) is 5.59. The van der Waals surface area contributed by atoms with E-state index in [4.69, 9.17) is 0 Å². The maximum absolute atomic E-state index is 13.7. The summed E-state index contributed by atoms with van der Waals surface area (Å²) in [7, 11) is -3.40. The normalized spacial score (nSPS) is 16.8. The van der Waals surface area contributed by atoms with Gasteiger partial charge in [0.25, 0.3) is 5.91 Å². The van der Waals surface area contributed by atoms with Crippen LogP contribution in [-0.4, -0.2) is 69.6 Å². The fraction of sp³-hybridized carbons (Fsp3) is 0.345. The molecule has 2 aliphatic rings. The van der Waals surface area contributed by atoms with E-state index in [2.05, 4.69) is 9.80 Å². The molecule has 0 unspecified atom stereocenters. The number of anilines is 1. The van der Waals surface area contributed by atoms with Crippen LogP contribution >= 0.6 is 0 Å². The van der Waals surface area contributed by atoms with Crippen LogP contribution in [-0.2, 0) is 9.84 Å². The summed E-state index contributed by atoms with van der Waals surface area (Å²) >= 11 is 0.